The van der Waals surface area contributed by atoms with Crippen LogP contribution < -0.4 is 5.32 Å². The molecule has 18 heavy (non-hydrogen) atoms. The summed E-state index contributed by atoms with van der Waals surface area (Å²) in [7, 11) is 2.01. The van der Waals surface area contributed by atoms with Gasteiger partial charge in [0, 0.05) is 11.5 Å². The van der Waals surface area contributed by atoms with E-state index in [0.29, 0.717) is 0 Å². The fourth-order valence-electron chi connectivity index (χ4n) is 3.25. The molecule has 1 saturated carbocycles. The van der Waals surface area contributed by atoms with Gasteiger partial charge < -0.3 is 10.4 Å². The first-order valence-electron chi connectivity index (χ1n) is 6.90. The predicted molar refractivity (Wildman–Crippen MR) is 75.8 cm³/mol. The normalized spacial score (nSPS) is 19.4. The average molecular weight is 247 g/mol. The number of hydrogen-bond acceptors (Lipinski definition) is 2. The summed E-state index contributed by atoms with van der Waals surface area (Å²) in [6.07, 6.45) is 3.49. The number of rotatable bonds is 4. The van der Waals surface area contributed by atoms with Crippen LogP contribution in [0.15, 0.2) is 12.1 Å². The first kappa shape index (κ1) is 13.6. The van der Waals surface area contributed by atoms with Crippen molar-refractivity contribution in [1.29, 1.82) is 0 Å². The molecule has 1 aromatic rings. The maximum absolute atomic E-state index is 9.77. The minimum atomic E-state index is 0.0568. The molecular weight excluding hydrogens is 222 g/mol. The van der Waals surface area contributed by atoms with Crippen molar-refractivity contribution in [1.82, 2.24) is 5.32 Å². The van der Waals surface area contributed by atoms with Crippen LogP contribution in [-0.4, -0.2) is 18.8 Å². The van der Waals surface area contributed by atoms with Gasteiger partial charge in [-0.15, -0.1) is 0 Å². The Kier molecular flexibility index (Phi) is 3.79. The van der Waals surface area contributed by atoms with Crippen LogP contribution in [0.5, 0.6) is 0 Å². The lowest BCUT2D eigenvalue weighted by atomic mass is 9.62. The second kappa shape index (κ2) is 5.02. The summed E-state index contributed by atoms with van der Waals surface area (Å²) in [5, 5.41) is 13.2. The molecule has 1 fully saturated rings. The Morgan fingerprint density at radius 2 is 1.89 bits per heavy atom. The molecule has 2 rings (SSSR count). The third-order valence-electron chi connectivity index (χ3n) is 4.98. The second-order valence-corrected chi connectivity index (χ2v) is 5.82. The predicted octanol–water partition coefficient (Wildman–Crippen LogP) is 3.03. The van der Waals surface area contributed by atoms with Gasteiger partial charge in [0.1, 0.15) is 0 Å². The van der Waals surface area contributed by atoms with Gasteiger partial charge in [-0.25, -0.2) is 0 Å². The summed E-state index contributed by atoms with van der Waals surface area (Å²) in [6.45, 7) is 6.83. The van der Waals surface area contributed by atoms with Gasteiger partial charge in [-0.05, 0) is 62.9 Å². The minimum Gasteiger partial charge on any atom is -0.396 e. The van der Waals surface area contributed by atoms with Crippen molar-refractivity contribution in [2.45, 2.75) is 46.1 Å². The van der Waals surface area contributed by atoms with Crippen molar-refractivity contribution in [3.8, 4) is 0 Å². The third-order valence-corrected chi connectivity index (χ3v) is 4.98. The van der Waals surface area contributed by atoms with Crippen LogP contribution in [0.2, 0.25) is 0 Å². The Labute approximate surface area is 110 Å². The lowest BCUT2D eigenvalue weighted by Crippen LogP contribution is -2.45. The Morgan fingerprint density at radius 3 is 2.33 bits per heavy atom. The first-order valence-corrected chi connectivity index (χ1v) is 6.90. The fourth-order valence-corrected chi connectivity index (χ4v) is 3.25. The van der Waals surface area contributed by atoms with Gasteiger partial charge >= 0.3 is 0 Å². The molecular formula is C16H25NO. The van der Waals surface area contributed by atoms with Crippen molar-refractivity contribution < 1.29 is 5.11 Å². The molecule has 0 amide bonds. The molecule has 2 N–H and O–H groups in total. The quantitative estimate of drug-likeness (QED) is 0.857. The standard InChI is InChI=1S/C16H25NO/c1-11-6-7-14(13(3)12(11)2)15(17-4)16(10-18)8-5-9-16/h6-7,15,17-18H,5,8-10H2,1-4H3. The SMILES string of the molecule is CNC(c1ccc(C)c(C)c1C)C1(CO)CCC1. The summed E-state index contributed by atoms with van der Waals surface area (Å²) >= 11 is 0. The fraction of sp³-hybridized carbons (Fsp3) is 0.625. The van der Waals surface area contributed by atoms with Gasteiger partial charge in [0.05, 0.1) is 6.61 Å². The molecule has 2 nitrogen and oxygen atoms in total. The maximum atomic E-state index is 9.77. The Morgan fingerprint density at radius 1 is 1.22 bits per heavy atom. The topological polar surface area (TPSA) is 32.3 Å². The highest BCUT2D eigenvalue weighted by Crippen LogP contribution is 2.50. The Balaban J connectivity index is 2.42. The lowest BCUT2D eigenvalue weighted by molar-refractivity contribution is 0.00762. The van der Waals surface area contributed by atoms with Gasteiger partial charge in [0.15, 0.2) is 0 Å². The average Bonchev–Trinajstić information content (AvgIpc) is 2.32. The van der Waals surface area contributed by atoms with Crippen LogP contribution in [-0.2, 0) is 0 Å². The number of nitrogens with one attached hydrogen (secondary N) is 1. The largest absolute Gasteiger partial charge is 0.396 e. The van der Waals surface area contributed by atoms with Crippen molar-refractivity contribution in [3.63, 3.8) is 0 Å². The molecule has 1 atom stereocenters. The van der Waals surface area contributed by atoms with Crippen LogP contribution in [0.4, 0.5) is 0 Å². The molecule has 2 heteroatoms. The van der Waals surface area contributed by atoms with E-state index in [1.165, 1.54) is 28.7 Å². The summed E-state index contributed by atoms with van der Waals surface area (Å²) in [5.41, 5.74) is 5.50. The van der Waals surface area contributed by atoms with Gasteiger partial charge in [0.2, 0.25) is 0 Å². The van der Waals surface area contributed by atoms with Crippen LogP contribution in [0.25, 0.3) is 0 Å². The molecule has 0 spiro atoms. The first-order chi connectivity index (χ1) is 8.55. The molecule has 0 aliphatic heterocycles. The molecule has 1 aliphatic carbocycles. The molecule has 1 aliphatic rings. The highest BCUT2D eigenvalue weighted by molar-refractivity contribution is 5.41. The van der Waals surface area contributed by atoms with Crippen LogP contribution >= 0.6 is 0 Å². The zero-order chi connectivity index (χ0) is 13.3. The van der Waals surface area contributed by atoms with Crippen LogP contribution in [0.3, 0.4) is 0 Å². The number of aryl methyl sites for hydroxylation is 1. The summed E-state index contributed by atoms with van der Waals surface area (Å²) in [6, 6.07) is 4.70. The number of hydrogen-bond donors (Lipinski definition) is 2. The number of aliphatic hydroxyl groups excluding tert-OH is 1. The van der Waals surface area contributed by atoms with E-state index in [2.05, 4.69) is 38.2 Å². The summed E-state index contributed by atoms with van der Waals surface area (Å²) in [4.78, 5) is 0. The Bertz CT molecular complexity index is 429. The molecule has 0 radical (unpaired) electrons. The molecule has 0 aromatic heterocycles. The number of benzene rings is 1. The highest BCUT2D eigenvalue weighted by Gasteiger charge is 2.44. The highest BCUT2D eigenvalue weighted by atomic mass is 16.3. The van der Waals surface area contributed by atoms with E-state index >= 15 is 0 Å². The monoisotopic (exact) mass is 247 g/mol. The minimum absolute atomic E-state index is 0.0568. The molecule has 0 heterocycles. The lowest BCUT2D eigenvalue weighted by Gasteiger charge is -2.47. The van der Waals surface area contributed by atoms with E-state index in [4.69, 9.17) is 0 Å². The zero-order valence-corrected chi connectivity index (χ0v) is 12.0. The second-order valence-electron chi connectivity index (χ2n) is 5.82. The van der Waals surface area contributed by atoms with Crippen molar-refractivity contribution >= 4 is 0 Å². The zero-order valence-electron chi connectivity index (χ0n) is 12.0. The summed E-state index contributed by atoms with van der Waals surface area (Å²) in [5.74, 6) is 0. The van der Waals surface area contributed by atoms with E-state index in [0.717, 1.165) is 12.8 Å². The van der Waals surface area contributed by atoms with Crippen molar-refractivity contribution in [3.05, 3.63) is 34.4 Å². The third kappa shape index (κ3) is 1.98. The van der Waals surface area contributed by atoms with Crippen LogP contribution in [0, 0.1) is 26.2 Å². The van der Waals surface area contributed by atoms with E-state index in [-0.39, 0.29) is 18.1 Å². The smallest absolute Gasteiger partial charge is 0.0505 e. The van der Waals surface area contributed by atoms with E-state index in [1.54, 1.807) is 0 Å². The van der Waals surface area contributed by atoms with Crippen molar-refractivity contribution in [2.24, 2.45) is 5.41 Å². The van der Waals surface area contributed by atoms with Gasteiger partial charge in [-0.1, -0.05) is 18.6 Å². The van der Waals surface area contributed by atoms with E-state index in [1.807, 2.05) is 7.05 Å². The van der Waals surface area contributed by atoms with Crippen molar-refractivity contribution in [2.75, 3.05) is 13.7 Å². The Hall–Kier alpha value is -0.860. The van der Waals surface area contributed by atoms with E-state index < -0.39 is 0 Å². The molecule has 0 saturated heterocycles. The van der Waals surface area contributed by atoms with Gasteiger partial charge in [0.25, 0.3) is 0 Å². The molecule has 0 bridgehead atoms. The molecule has 1 aromatic carbocycles. The molecule has 1 unspecified atom stereocenters. The van der Waals surface area contributed by atoms with E-state index in [9.17, 15) is 5.11 Å². The molecule has 100 valence electrons. The summed E-state index contributed by atoms with van der Waals surface area (Å²) < 4.78 is 0. The van der Waals surface area contributed by atoms with Gasteiger partial charge in [-0.3, -0.25) is 0 Å². The van der Waals surface area contributed by atoms with Crippen LogP contribution in [0.1, 0.15) is 47.6 Å². The number of aliphatic hydroxyl groups is 1. The maximum Gasteiger partial charge on any atom is 0.0505 e. The van der Waals surface area contributed by atoms with Gasteiger partial charge in [-0.2, -0.15) is 0 Å².